The molecule has 2 amide bonds. The maximum absolute atomic E-state index is 14.1. The summed E-state index contributed by atoms with van der Waals surface area (Å²) in [7, 11) is 0. The lowest BCUT2D eigenvalue weighted by Gasteiger charge is -2.47. The van der Waals surface area contributed by atoms with E-state index < -0.39 is 0 Å². The molecule has 0 saturated carbocycles. The Bertz CT molecular complexity index is 1160. The zero-order valence-electron chi connectivity index (χ0n) is 22.0. The van der Waals surface area contributed by atoms with Crippen LogP contribution in [-0.4, -0.2) is 46.8 Å². The summed E-state index contributed by atoms with van der Waals surface area (Å²) >= 11 is 0. The lowest BCUT2D eigenvalue weighted by Crippen LogP contribution is -2.61. The predicted octanol–water partition coefficient (Wildman–Crippen LogP) is 6.10. The van der Waals surface area contributed by atoms with Crippen LogP contribution in [-0.2, 0) is 9.59 Å². The summed E-state index contributed by atoms with van der Waals surface area (Å²) in [5.74, 6) is -0.598. The molecule has 0 spiro atoms. The standard InChI is InChI=1S/C34H34N2O2/c1-25-26(2)36(34(38)32(29-19-11-5-12-20-29)30-21-13-6-14-22-30)24-23-35(25)33(37)31(27-15-7-3-8-16-27)28-17-9-4-10-18-28/h3-22,25-26,31-32H,23-24H2,1-2H3/t25-,26?/m0/s1. The monoisotopic (exact) mass is 502 g/mol. The van der Waals surface area contributed by atoms with Crippen LogP contribution in [0.2, 0.25) is 0 Å². The molecular weight excluding hydrogens is 468 g/mol. The number of amides is 2. The number of rotatable bonds is 6. The summed E-state index contributed by atoms with van der Waals surface area (Å²) < 4.78 is 0. The third-order valence-electron chi connectivity index (χ3n) is 7.85. The van der Waals surface area contributed by atoms with Crippen LogP contribution in [0.5, 0.6) is 0 Å². The van der Waals surface area contributed by atoms with Crippen LogP contribution < -0.4 is 0 Å². The van der Waals surface area contributed by atoms with Crippen LogP contribution in [0.15, 0.2) is 121 Å². The van der Waals surface area contributed by atoms with Crippen LogP contribution in [0.1, 0.15) is 47.9 Å². The first-order chi connectivity index (χ1) is 18.6. The number of piperazine rings is 1. The average Bonchev–Trinajstić information content (AvgIpc) is 2.97. The number of carbonyl (C=O) groups is 2. The average molecular weight is 503 g/mol. The molecule has 1 fully saturated rings. The summed E-state index contributed by atoms with van der Waals surface area (Å²) in [5, 5.41) is 0. The normalized spacial score (nSPS) is 17.6. The van der Waals surface area contributed by atoms with Crippen LogP contribution in [0.4, 0.5) is 0 Å². The van der Waals surface area contributed by atoms with Gasteiger partial charge in [-0.15, -0.1) is 0 Å². The molecule has 4 heteroatoms. The molecule has 192 valence electrons. The summed E-state index contributed by atoms with van der Waals surface area (Å²) in [4.78, 5) is 32.2. The Hall–Kier alpha value is -4.18. The molecule has 4 aromatic rings. The van der Waals surface area contributed by atoms with Crippen molar-refractivity contribution >= 4 is 11.8 Å². The predicted molar refractivity (Wildman–Crippen MR) is 152 cm³/mol. The van der Waals surface area contributed by atoms with E-state index >= 15 is 0 Å². The zero-order valence-corrected chi connectivity index (χ0v) is 22.0. The Labute approximate surface area is 225 Å². The minimum absolute atomic E-state index is 0.0801. The highest BCUT2D eigenvalue weighted by Gasteiger charge is 2.40. The van der Waals surface area contributed by atoms with Gasteiger partial charge < -0.3 is 9.80 Å². The number of nitrogens with zero attached hydrogens (tertiary/aromatic N) is 2. The maximum Gasteiger partial charge on any atom is 0.234 e. The van der Waals surface area contributed by atoms with Crippen molar-refractivity contribution in [3.8, 4) is 0 Å². The topological polar surface area (TPSA) is 40.6 Å². The van der Waals surface area contributed by atoms with E-state index in [1.54, 1.807) is 0 Å². The molecule has 38 heavy (non-hydrogen) atoms. The maximum atomic E-state index is 14.1. The van der Waals surface area contributed by atoms with Gasteiger partial charge in [0.05, 0.1) is 11.8 Å². The first-order valence-electron chi connectivity index (χ1n) is 13.4. The molecule has 2 atom stereocenters. The first kappa shape index (κ1) is 25.5. The second kappa shape index (κ2) is 11.5. The fraction of sp³-hybridized carbons (Fsp3) is 0.235. The first-order valence-corrected chi connectivity index (χ1v) is 13.4. The minimum Gasteiger partial charge on any atom is -0.335 e. The van der Waals surface area contributed by atoms with E-state index in [4.69, 9.17) is 0 Å². The Morgan fingerprint density at radius 2 is 0.737 bits per heavy atom. The van der Waals surface area contributed by atoms with E-state index in [1.807, 2.05) is 131 Å². The summed E-state index contributed by atoms with van der Waals surface area (Å²) in [5.41, 5.74) is 3.93. The van der Waals surface area contributed by atoms with Gasteiger partial charge in [0.1, 0.15) is 0 Å². The van der Waals surface area contributed by atoms with Gasteiger partial charge in [0.2, 0.25) is 11.8 Å². The van der Waals surface area contributed by atoms with Gasteiger partial charge in [0, 0.05) is 25.2 Å². The Balaban J connectivity index is 1.41. The lowest BCUT2D eigenvalue weighted by molar-refractivity contribution is -0.147. The highest BCUT2D eigenvalue weighted by molar-refractivity contribution is 5.89. The van der Waals surface area contributed by atoms with Crippen LogP contribution in [0, 0.1) is 0 Å². The molecular formula is C34H34N2O2. The van der Waals surface area contributed by atoms with Crippen molar-refractivity contribution in [2.24, 2.45) is 0 Å². The Morgan fingerprint density at radius 1 is 0.500 bits per heavy atom. The molecule has 1 aliphatic rings. The van der Waals surface area contributed by atoms with Crippen LogP contribution in [0.25, 0.3) is 0 Å². The van der Waals surface area contributed by atoms with Crippen molar-refractivity contribution in [3.05, 3.63) is 144 Å². The van der Waals surface area contributed by atoms with Crippen molar-refractivity contribution in [3.63, 3.8) is 0 Å². The second-order valence-electron chi connectivity index (χ2n) is 10.1. The largest absolute Gasteiger partial charge is 0.335 e. The van der Waals surface area contributed by atoms with Crippen molar-refractivity contribution < 1.29 is 9.59 Å². The zero-order chi connectivity index (χ0) is 26.5. The summed E-state index contributed by atoms with van der Waals surface area (Å²) in [6, 6.07) is 39.7. The quantitative estimate of drug-likeness (QED) is 0.320. The van der Waals surface area contributed by atoms with Gasteiger partial charge in [0.25, 0.3) is 0 Å². The van der Waals surface area contributed by atoms with Gasteiger partial charge in [-0.3, -0.25) is 9.59 Å². The summed E-state index contributed by atoms with van der Waals surface area (Å²) in [6.45, 7) is 5.13. The smallest absolute Gasteiger partial charge is 0.234 e. The Kier molecular flexibility index (Phi) is 7.69. The molecule has 5 rings (SSSR count). The van der Waals surface area contributed by atoms with Crippen molar-refractivity contribution in [2.75, 3.05) is 13.1 Å². The molecule has 0 aliphatic carbocycles. The highest BCUT2D eigenvalue weighted by atomic mass is 16.2. The Morgan fingerprint density at radius 3 is 0.974 bits per heavy atom. The van der Waals surface area contributed by atoms with Gasteiger partial charge in [0.15, 0.2) is 0 Å². The lowest BCUT2D eigenvalue weighted by atomic mass is 9.87. The molecule has 4 aromatic carbocycles. The van der Waals surface area contributed by atoms with E-state index in [0.717, 1.165) is 22.3 Å². The van der Waals surface area contributed by atoms with Gasteiger partial charge in [-0.1, -0.05) is 121 Å². The molecule has 1 aliphatic heterocycles. The molecule has 0 aromatic heterocycles. The van der Waals surface area contributed by atoms with E-state index in [-0.39, 0.29) is 35.7 Å². The third-order valence-corrected chi connectivity index (χ3v) is 7.85. The van der Waals surface area contributed by atoms with Gasteiger partial charge in [-0.2, -0.15) is 0 Å². The molecule has 1 unspecified atom stereocenters. The third kappa shape index (κ3) is 5.12. The van der Waals surface area contributed by atoms with Crippen molar-refractivity contribution in [1.29, 1.82) is 0 Å². The van der Waals surface area contributed by atoms with Crippen molar-refractivity contribution in [1.82, 2.24) is 9.80 Å². The molecule has 4 nitrogen and oxygen atoms in total. The van der Waals surface area contributed by atoms with Gasteiger partial charge >= 0.3 is 0 Å². The number of carbonyl (C=O) groups excluding carboxylic acids is 2. The fourth-order valence-electron chi connectivity index (χ4n) is 5.63. The van der Waals surface area contributed by atoms with E-state index in [9.17, 15) is 9.59 Å². The number of benzene rings is 4. The van der Waals surface area contributed by atoms with E-state index in [0.29, 0.717) is 13.1 Å². The van der Waals surface area contributed by atoms with Crippen LogP contribution >= 0.6 is 0 Å². The second-order valence-corrected chi connectivity index (χ2v) is 10.1. The van der Waals surface area contributed by atoms with Gasteiger partial charge in [-0.05, 0) is 36.1 Å². The number of hydrogen-bond acceptors (Lipinski definition) is 2. The van der Waals surface area contributed by atoms with E-state index in [1.165, 1.54) is 0 Å². The van der Waals surface area contributed by atoms with E-state index in [2.05, 4.69) is 13.8 Å². The van der Waals surface area contributed by atoms with Gasteiger partial charge in [-0.25, -0.2) is 0 Å². The van der Waals surface area contributed by atoms with Crippen molar-refractivity contribution in [2.45, 2.75) is 37.8 Å². The highest BCUT2D eigenvalue weighted by Crippen LogP contribution is 2.32. The molecule has 0 N–H and O–H groups in total. The number of hydrogen-bond donors (Lipinski definition) is 0. The molecule has 1 saturated heterocycles. The molecule has 1 heterocycles. The SMILES string of the molecule is CC1[C@H](C)N(C(=O)C(c2ccccc2)c2ccccc2)CCN1C(=O)C(c1ccccc1)c1ccccc1. The minimum atomic E-state index is -0.379. The van der Waals surface area contributed by atoms with Crippen LogP contribution in [0.3, 0.4) is 0 Å². The summed E-state index contributed by atoms with van der Waals surface area (Å²) in [6.07, 6.45) is 0. The fourth-order valence-corrected chi connectivity index (χ4v) is 5.63. The molecule has 0 bridgehead atoms. The molecule has 0 radical (unpaired) electrons.